The molecule has 1 nitrogen and oxygen atoms in total. The Morgan fingerprint density at radius 2 is 1.77 bits per heavy atom. The van der Waals surface area contributed by atoms with E-state index in [0.29, 0.717) is 12.1 Å². The minimum Gasteiger partial charge on any atom is -0.372 e. The van der Waals surface area contributed by atoms with Gasteiger partial charge in [-0.2, -0.15) is 0 Å². The molecule has 78 valence electrons. The molecule has 0 radical (unpaired) electrons. The van der Waals surface area contributed by atoms with Gasteiger partial charge in [0.05, 0.1) is 0 Å². The summed E-state index contributed by atoms with van der Waals surface area (Å²) in [4.78, 5) is 2.46. The highest BCUT2D eigenvalue weighted by Gasteiger charge is 2.11. The van der Waals surface area contributed by atoms with Gasteiger partial charge in [0.2, 0.25) is 0 Å². The van der Waals surface area contributed by atoms with Crippen molar-refractivity contribution in [1.29, 1.82) is 0 Å². The van der Waals surface area contributed by atoms with E-state index in [1.54, 1.807) is 0 Å². The molecule has 1 unspecified atom stereocenters. The van der Waals surface area contributed by atoms with Crippen LogP contribution in [0.3, 0.4) is 0 Å². The van der Waals surface area contributed by atoms with Crippen LogP contribution in [0.2, 0.25) is 0 Å². The predicted molar refractivity (Wildman–Crippen MR) is 60.8 cm³/mol. The van der Waals surface area contributed by atoms with Gasteiger partial charge < -0.3 is 4.90 Å². The quantitative estimate of drug-likeness (QED) is 0.626. The standard InChI is InChI=1S/C12H25N/c1-7-8-12(6)13(11(4)5)9-10(2)3/h9,11-12H,7-8H2,1-6H3. The van der Waals surface area contributed by atoms with Gasteiger partial charge >= 0.3 is 0 Å². The van der Waals surface area contributed by atoms with E-state index < -0.39 is 0 Å². The van der Waals surface area contributed by atoms with Gasteiger partial charge in [0.15, 0.2) is 0 Å². The third-order valence-electron chi connectivity index (χ3n) is 2.22. The third kappa shape index (κ3) is 4.97. The Morgan fingerprint density at radius 1 is 1.23 bits per heavy atom. The number of hydrogen-bond donors (Lipinski definition) is 0. The second-order valence-corrected chi connectivity index (χ2v) is 4.39. The van der Waals surface area contributed by atoms with Gasteiger partial charge in [-0.25, -0.2) is 0 Å². The van der Waals surface area contributed by atoms with Crippen LogP contribution in [0.25, 0.3) is 0 Å². The summed E-state index contributed by atoms with van der Waals surface area (Å²) >= 11 is 0. The molecule has 0 aliphatic carbocycles. The van der Waals surface area contributed by atoms with Crippen molar-refractivity contribution in [3.8, 4) is 0 Å². The monoisotopic (exact) mass is 183 g/mol. The zero-order valence-electron chi connectivity index (χ0n) is 10.1. The number of nitrogens with zero attached hydrogens (tertiary/aromatic N) is 1. The van der Waals surface area contributed by atoms with Gasteiger partial charge in [0, 0.05) is 12.1 Å². The molecule has 0 saturated carbocycles. The summed E-state index contributed by atoms with van der Waals surface area (Å²) in [6, 6.07) is 1.27. The van der Waals surface area contributed by atoms with Crippen molar-refractivity contribution in [2.75, 3.05) is 0 Å². The van der Waals surface area contributed by atoms with Crippen LogP contribution in [-0.4, -0.2) is 17.0 Å². The fourth-order valence-corrected chi connectivity index (χ4v) is 1.65. The highest BCUT2D eigenvalue weighted by atomic mass is 15.2. The molecule has 0 aliphatic heterocycles. The molecule has 1 heteroatoms. The molecule has 0 N–H and O–H groups in total. The molecule has 0 aromatic heterocycles. The lowest BCUT2D eigenvalue weighted by atomic mass is 10.1. The van der Waals surface area contributed by atoms with Gasteiger partial charge in [-0.3, -0.25) is 0 Å². The zero-order valence-corrected chi connectivity index (χ0v) is 10.1. The van der Waals surface area contributed by atoms with E-state index in [9.17, 15) is 0 Å². The summed E-state index contributed by atoms with van der Waals surface area (Å²) in [6.07, 6.45) is 4.83. The smallest absolute Gasteiger partial charge is 0.0258 e. The molecule has 0 heterocycles. The highest BCUT2D eigenvalue weighted by molar-refractivity contribution is 4.95. The minimum atomic E-state index is 0.608. The predicted octanol–water partition coefficient (Wildman–Crippen LogP) is 3.81. The van der Waals surface area contributed by atoms with Crippen molar-refractivity contribution in [2.24, 2.45) is 0 Å². The van der Waals surface area contributed by atoms with Crippen molar-refractivity contribution in [1.82, 2.24) is 4.90 Å². The first kappa shape index (κ1) is 12.5. The molecule has 0 bridgehead atoms. The van der Waals surface area contributed by atoms with Gasteiger partial charge in [-0.1, -0.05) is 18.9 Å². The molecular formula is C12H25N. The Kier molecular flexibility index (Phi) is 5.85. The summed E-state index contributed by atoms with van der Waals surface area (Å²) in [5, 5.41) is 0. The van der Waals surface area contributed by atoms with Crippen molar-refractivity contribution >= 4 is 0 Å². The Labute approximate surface area is 83.8 Å². The second-order valence-electron chi connectivity index (χ2n) is 4.39. The lowest BCUT2D eigenvalue weighted by Gasteiger charge is -2.32. The topological polar surface area (TPSA) is 3.24 Å². The first-order chi connectivity index (χ1) is 5.99. The molecule has 0 saturated heterocycles. The first-order valence-electron chi connectivity index (χ1n) is 5.41. The Bertz CT molecular complexity index is 155. The molecule has 0 spiro atoms. The Balaban J connectivity index is 4.33. The molecule has 0 aromatic rings. The maximum Gasteiger partial charge on any atom is 0.0258 e. The van der Waals surface area contributed by atoms with Crippen LogP contribution in [0.4, 0.5) is 0 Å². The molecule has 0 aromatic carbocycles. The van der Waals surface area contributed by atoms with E-state index >= 15 is 0 Å². The zero-order chi connectivity index (χ0) is 10.4. The van der Waals surface area contributed by atoms with Crippen LogP contribution in [0.1, 0.15) is 54.4 Å². The van der Waals surface area contributed by atoms with Crippen molar-refractivity contribution in [2.45, 2.75) is 66.5 Å². The lowest BCUT2D eigenvalue weighted by molar-refractivity contribution is 0.228. The molecule has 0 aliphatic rings. The summed E-state index contributed by atoms with van der Waals surface area (Å²) < 4.78 is 0. The van der Waals surface area contributed by atoms with Crippen LogP contribution >= 0.6 is 0 Å². The molecule has 1 atom stereocenters. The number of rotatable bonds is 5. The maximum atomic E-state index is 2.46. The van der Waals surface area contributed by atoms with Crippen LogP contribution < -0.4 is 0 Å². The molecule has 0 rings (SSSR count). The van der Waals surface area contributed by atoms with Crippen molar-refractivity contribution < 1.29 is 0 Å². The fourth-order valence-electron chi connectivity index (χ4n) is 1.65. The first-order valence-corrected chi connectivity index (χ1v) is 5.41. The van der Waals surface area contributed by atoms with Crippen LogP contribution in [0.5, 0.6) is 0 Å². The normalized spacial score (nSPS) is 12.8. The van der Waals surface area contributed by atoms with E-state index in [1.165, 1.54) is 18.4 Å². The lowest BCUT2D eigenvalue weighted by Crippen LogP contribution is -2.34. The van der Waals surface area contributed by atoms with Crippen molar-refractivity contribution in [3.05, 3.63) is 11.8 Å². The second kappa shape index (κ2) is 6.06. The van der Waals surface area contributed by atoms with Crippen molar-refractivity contribution in [3.63, 3.8) is 0 Å². The SMILES string of the molecule is CCCC(C)N(C=C(C)C)C(C)C. The van der Waals surface area contributed by atoms with E-state index in [1.807, 2.05) is 0 Å². The summed E-state index contributed by atoms with van der Waals surface area (Å²) in [6.45, 7) is 13.4. The maximum absolute atomic E-state index is 2.46. The summed E-state index contributed by atoms with van der Waals surface area (Å²) in [5.74, 6) is 0. The summed E-state index contributed by atoms with van der Waals surface area (Å²) in [7, 11) is 0. The van der Waals surface area contributed by atoms with Crippen LogP contribution in [-0.2, 0) is 0 Å². The van der Waals surface area contributed by atoms with E-state index in [0.717, 1.165) is 0 Å². The molecular weight excluding hydrogens is 158 g/mol. The fraction of sp³-hybridized carbons (Fsp3) is 0.833. The highest BCUT2D eigenvalue weighted by Crippen LogP contribution is 2.12. The Hall–Kier alpha value is -0.460. The molecule has 0 fully saturated rings. The van der Waals surface area contributed by atoms with Gasteiger partial charge in [-0.15, -0.1) is 0 Å². The minimum absolute atomic E-state index is 0.608. The average Bonchev–Trinajstić information content (AvgIpc) is 1.99. The van der Waals surface area contributed by atoms with Crippen LogP contribution in [0, 0.1) is 0 Å². The largest absolute Gasteiger partial charge is 0.372 e. The number of allylic oxidation sites excluding steroid dienone is 1. The van der Waals surface area contributed by atoms with Gasteiger partial charge in [-0.05, 0) is 47.2 Å². The number of hydrogen-bond acceptors (Lipinski definition) is 1. The van der Waals surface area contributed by atoms with E-state index in [2.05, 4.69) is 52.6 Å². The Morgan fingerprint density at radius 3 is 2.08 bits per heavy atom. The van der Waals surface area contributed by atoms with Gasteiger partial charge in [0.1, 0.15) is 0 Å². The molecule has 13 heavy (non-hydrogen) atoms. The van der Waals surface area contributed by atoms with E-state index in [-0.39, 0.29) is 0 Å². The van der Waals surface area contributed by atoms with Gasteiger partial charge in [0.25, 0.3) is 0 Å². The van der Waals surface area contributed by atoms with E-state index in [4.69, 9.17) is 0 Å². The summed E-state index contributed by atoms with van der Waals surface area (Å²) in [5.41, 5.74) is 1.39. The third-order valence-corrected chi connectivity index (χ3v) is 2.22. The molecule has 0 amide bonds. The average molecular weight is 183 g/mol. The van der Waals surface area contributed by atoms with Crippen LogP contribution in [0.15, 0.2) is 11.8 Å².